The Hall–Kier alpha value is -1.96. The van der Waals surface area contributed by atoms with Crippen molar-refractivity contribution in [2.75, 3.05) is 13.1 Å². The molecule has 0 unspecified atom stereocenters. The molecule has 1 fully saturated rings. The Labute approximate surface area is 150 Å². The number of nitrogens with one attached hydrogen (secondary N) is 1. The van der Waals surface area contributed by atoms with Crippen LogP contribution in [0.5, 0.6) is 0 Å². The summed E-state index contributed by atoms with van der Waals surface area (Å²) in [7, 11) is -3.42. The predicted molar refractivity (Wildman–Crippen MR) is 98.4 cm³/mol. The second kappa shape index (κ2) is 6.40. The van der Waals surface area contributed by atoms with E-state index in [9.17, 15) is 13.2 Å². The molecule has 1 saturated heterocycles. The lowest BCUT2D eigenvalue weighted by molar-refractivity contribution is 0.0877. The third-order valence-electron chi connectivity index (χ3n) is 4.77. The van der Waals surface area contributed by atoms with Gasteiger partial charge in [0.15, 0.2) is 5.78 Å². The van der Waals surface area contributed by atoms with Gasteiger partial charge in [0.1, 0.15) is 4.21 Å². The van der Waals surface area contributed by atoms with E-state index in [1.807, 2.05) is 24.3 Å². The van der Waals surface area contributed by atoms with Crippen LogP contribution >= 0.6 is 11.3 Å². The number of H-pyrrole nitrogens is 1. The highest BCUT2D eigenvalue weighted by Crippen LogP contribution is 2.29. The zero-order valence-corrected chi connectivity index (χ0v) is 15.1. The number of nitrogens with zero attached hydrogens (tertiary/aromatic N) is 1. The van der Waals surface area contributed by atoms with Gasteiger partial charge >= 0.3 is 0 Å². The molecule has 3 aromatic rings. The molecule has 1 aliphatic heterocycles. The van der Waals surface area contributed by atoms with Crippen LogP contribution in [-0.2, 0) is 10.0 Å². The van der Waals surface area contributed by atoms with Gasteiger partial charge in [0.05, 0.1) is 0 Å². The normalized spacial score (nSPS) is 17.1. The van der Waals surface area contributed by atoms with Crippen molar-refractivity contribution < 1.29 is 13.2 Å². The molecule has 0 bridgehead atoms. The molecule has 0 spiro atoms. The van der Waals surface area contributed by atoms with E-state index < -0.39 is 10.0 Å². The van der Waals surface area contributed by atoms with E-state index in [1.165, 1.54) is 15.6 Å². The van der Waals surface area contributed by atoms with Crippen molar-refractivity contribution in [2.24, 2.45) is 5.92 Å². The average Bonchev–Trinajstić information content (AvgIpc) is 3.31. The number of carbonyl (C=O) groups excluding carboxylic acids is 1. The number of thiophene rings is 1. The van der Waals surface area contributed by atoms with Gasteiger partial charge in [-0.1, -0.05) is 24.3 Å². The van der Waals surface area contributed by atoms with Gasteiger partial charge in [-0.3, -0.25) is 4.79 Å². The number of sulfonamides is 1. The highest BCUT2D eigenvalue weighted by molar-refractivity contribution is 7.91. The van der Waals surface area contributed by atoms with Crippen LogP contribution in [0, 0.1) is 5.92 Å². The summed E-state index contributed by atoms with van der Waals surface area (Å²) in [5.41, 5.74) is 1.65. The maximum absolute atomic E-state index is 12.9. The van der Waals surface area contributed by atoms with Gasteiger partial charge in [0.25, 0.3) is 10.0 Å². The lowest BCUT2D eigenvalue weighted by atomic mass is 9.89. The van der Waals surface area contributed by atoms with E-state index in [1.54, 1.807) is 23.7 Å². The number of benzene rings is 1. The molecule has 1 aliphatic rings. The number of piperidine rings is 1. The zero-order valence-electron chi connectivity index (χ0n) is 13.5. The highest BCUT2D eigenvalue weighted by Gasteiger charge is 2.33. The Kier molecular flexibility index (Phi) is 4.23. The van der Waals surface area contributed by atoms with E-state index in [0.29, 0.717) is 35.7 Å². The minimum absolute atomic E-state index is 0.102. The monoisotopic (exact) mass is 374 g/mol. The van der Waals surface area contributed by atoms with Crippen molar-refractivity contribution in [1.82, 2.24) is 9.29 Å². The Bertz CT molecular complexity index is 998. The van der Waals surface area contributed by atoms with Crippen LogP contribution in [0.2, 0.25) is 0 Å². The van der Waals surface area contributed by atoms with Gasteiger partial charge in [0, 0.05) is 41.7 Å². The molecule has 0 amide bonds. The second-order valence-corrected chi connectivity index (χ2v) is 9.34. The number of ketones is 1. The third-order valence-corrected chi connectivity index (χ3v) is 8.04. The largest absolute Gasteiger partial charge is 0.360 e. The van der Waals surface area contributed by atoms with E-state index in [0.717, 1.165) is 10.9 Å². The van der Waals surface area contributed by atoms with Crippen molar-refractivity contribution in [3.8, 4) is 0 Å². The van der Waals surface area contributed by atoms with Crippen LogP contribution in [0.25, 0.3) is 10.9 Å². The number of para-hydroxylation sites is 1. The number of aromatic amines is 1. The number of carbonyl (C=O) groups is 1. The molecule has 5 nitrogen and oxygen atoms in total. The fraction of sp³-hybridized carbons (Fsp3) is 0.278. The van der Waals surface area contributed by atoms with Crippen molar-refractivity contribution in [3.05, 3.63) is 53.5 Å². The molecule has 130 valence electrons. The minimum Gasteiger partial charge on any atom is -0.360 e. The summed E-state index contributed by atoms with van der Waals surface area (Å²) in [6, 6.07) is 11.1. The summed E-state index contributed by atoms with van der Waals surface area (Å²) in [4.78, 5) is 16.0. The first-order chi connectivity index (χ1) is 12.1. The number of hydrogen-bond acceptors (Lipinski definition) is 4. The fourth-order valence-corrected chi connectivity index (χ4v) is 6.01. The Morgan fingerprint density at radius 1 is 1.12 bits per heavy atom. The summed E-state index contributed by atoms with van der Waals surface area (Å²) in [5, 5.41) is 2.70. The van der Waals surface area contributed by atoms with Crippen molar-refractivity contribution >= 4 is 38.0 Å². The van der Waals surface area contributed by atoms with E-state index in [2.05, 4.69) is 4.98 Å². The maximum Gasteiger partial charge on any atom is 0.252 e. The lowest BCUT2D eigenvalue weighted by Crippen LogP contribution is -2.39. The Morgan fingerprint density at radius 2 is 1.88 bits per heavy atom. The van der Waals surface area contributed by atoms with Crippen LogP contribution in [0.3, 0.4) is 0 Å². The summed E-state index contributed by atoms with van der Waals surface area (Å²) >= 11 is 1.23. The zero-order chi connectivity index (χ0) is 17.4. The summed E-state index contributed by atoms with van der Waals surface area (Å²) in [6.07, 6.45) is 2.88. The first kappa shape index (κ1) is 16.5. The van der Waals surface area contributed by atoms with Gasteiger partial charge in [-0.05, 0) is 30.4 Å². The van der Waals surface area contributed by atoms with Gasteiger partial charge in [-0.15, -0.1) is 11.3 Å². The minimum atomic E-state index is -3.42. The molecule has 3 heterocycles. The topological polar surface area (TPSA) is 70.2 Å². The summed E-state index contributed by atoms with van der Waals surface area (Å²) in [5.74, 6) is -0.0281. The Balaban J connectivity index is 1.49. The maximum atomic E-state index is 12.9. The van der Waals surface area contributed by atoms with Crippen LogP contribution in [0.1, 0.15) is 23.2 Å². The molecule has 0 aliphatic carbocycles. The number of Topliss-reactive ketones (excluding diaryl/α,β-unsaturated/α-hetero) is 1. The SMILES string of the molecule is O=C(c1c[nH]c2ccccc12)C1CCN(S(=O)(=O)c2cccs2)CC1. The number of rotatable bonds is 4. The van der Waals surface area contributed by atoms with Gasteiger partial charge in [0.2, 0.25) is 0 Å². The smallest absolute Gasteiger partial charge is 0.252 e. The van der Waals surface area contributed by atoms with E-state index in [4.69, 9.17) is 0 Å². The molecule has 25 heavy (non-hydrogen) atoms. The molecular formula is C18H18N2O3S2. The number of aromatic nitrogens is 1. The number of fused-ring (bicyclic) bond motifs is 1. The van der Waals surface area contributed by atoms with Gasteiger partial charge in [-0.2, -0.15) is 4.31 Å². The van der Waals surface area contributed by atoms with Crippen LogP contribution in [0.4, 0.5) is 0 Å². The van der Waals surface area contributed by atoms with Gasteiger partial charge in [-0.25, -0.2) is 8.42 Å². The summed E-state index contributed by atoms with van der Waals surface area (Å²) < 4.78 is 27.0. The van der Waals surface area contributed by atoms with Crippen molar-refractivity contribution in [3.63, 3.8) is 0 Å². The van der Waals surface area contributed by atoms with E-state index in [-0.39, 0.29) is 11.7 Å². The van der Waals surface area contributed by atoms with Gasteiger partial charge < -0.3 is 4.98 Å². The van der Waals surface area contributed by atoms with Crippen molar-refractivity contribution in [1.29, 1.82) is 0 Å². The quantitative estimate of drug-likeness (QED) is 0.711. The fourth-order valence-electron chi connectivity index (χ4n) is 3.39. The summed E-state index contributed by atoms with van der Waals surface area (Å²) in [6.45, 7) is 0.776. The molecule has 2 aromatic heterocycles. The van der Waals surface area contributed by atoms with Crippen molar-refractivity contribution in [2.45, 2.75) is 17.1 Å². The first-order valence-electron chi connectivity index (χ1n) is 8.21. The van der Waals surface area contributed by atoms with Crippen LogP contribution < -0.4 is 0 Å². The van der Waals surface area contributed by atoms with Crippen LogP contribution in [0.15, 0.2) is 52.2 Å². The molecule has 1 aromatic carbocycles. The first-order valence-corrected chi connectivity index (χ1v) is 10.5. The average molecular weight is 374 g/mol. The standard InChI is InChI=1S/C18H18N2O3S2/c21-18(15-12-19-16-5-2-1-4-14(15)16)13-7-9-20(10-8-13)25(22,23)17-6-3-11-24-17/h1-6,11-13,19H,7-10H2. The predicted octanol–water partition coefficient (Wildman–Crippen LogP) is 3.51. The van der Waals surface area contributed by atoms with Crippen LogP contribution in [-0.4, -0.2) is 36.6 Å². The number of hydrogen-bond donors (Lipinski definition) is 1. The Morgan fingerprint density at radius 3 is 2.60 bits per heavy atom. The third kappa shape index (κ3) is 2.92. The molecule has 1 N–H and O–H groups in total. The molecule has 0 atom stereocenters. The molecule has 0 saturated carbocycles. The highest BCUT2D eigenvalue weighted by atomic mass is 32.2. The lowest BCUT2D eigenvalue weighted by Gasteiger charge is -2.30. The molecule has 0 radical (unpaired) electrons. The molecular weight excluding hydrogens is 356 g/mol. The second-order valence-electron chi connectivity index (χ2n) is 6.22. The molecule has 4 rings (SSSR count). The van der Waals surface area contributed by atoms with E-state index >= 15 is 0 Å². The molecule has 7 heteroatoms.